The molecule has 27 heavy (non-hydrogen) atoms. The number of anilines is 1. The van der Waals surface area contributed by atoms with Gasteiger partial charge in [-0.2, -0.15) is 0 Å². The molecule has 0 heterocycles. The number of halogens is 1. The fraction of sp³-hybridized carbons (Fsp3) is 0.211. The fourth-order valence-electron chi connectivity index (χ4n) is 2.16. The van der Waals surface area contributed by atoms with Crippen LogP contribution in [0.15, 0.2) is 42.5 Å². The van der Waals surface area contributed by atoms with E-state index in [1.165, 1.54) is 19.2 Å². The Morgan fingerprint density at radius 2 is 1.78 bits per heavy atom. The maximum Gasteiger partial charge on any atom is 0.339 e. The fourth-order valence-corrected chi connectivity index (χ4v) is 2.57. The molecule has 8 heteroatoms. The van der Waals surface area contributed by atoms with Crippen LogP contribution in [0.25, 0.3) is 0 Å². The molecule has 0 radical (unpaired) electrons. The lowest BCUT2D eigenvalue weighted by molar-refractivity contribution is 0.0601. The Morgan fingerprint density at radius 1 is 1.11 bits per heavy atom. The molecule has 2 rings (SSSR count). The van der Waals surface area contributed by atoms with E-state index in [-0.39, 0.29) is 27.7 Å². The highest BCUT2D eigenvalue weighted by Gasteiger charge is 2.13. The Kier molecular flexibility index (Phi) is 7.15. The highest BCUT2D eigenvalue weighted by atomic mass is 35.5. The summed E-state index contributed by atoms with van der Waals surface area (Å²) in [7, 11) is 1.26. The first-order chi connectivity index (χ1) is 12.8. The summed E-state index contributed by atoms with van der Waals surface area (Å²) in [6, 6.07) is 11.4. The molecular weight excluding hydrogens is 388 g/mol. The number of benzene rings is 2. The topological polar surface area (TPSA) is 76.7 Å². The van der Waals surface area contributed by atoms with Crippen molar-refractivity contribution in [3.8, 4) is 5.75 Å². The molecule has 2 aromatic rings. The summed E-state index contributed by atoms with van der Waals surface area (Å²) in [6.45, 7) is 3.85. The van der Waals surface area contributed by atoms with Crippen LogP contribution in [0.3, 0.4) is 0 Å². The molecule has 0 aliphatic rings. The highest BCUT2D eigenvalue weighted by Crippen LogP contribution is 2.21. The zero-order valence-electron chi connectivity index (χ0n) is 15.0. The van der Waals surface area contributed by atoms with E-state index < -0.39 is 5.97 Å². The monoisotopic (exact) mass is 406 g/mol. The lowest BCUT2D eigenvalue weighted by atomic mass is 10.2. The second-order valence-corrected chi connectivity index (χ2v) is 6.60. The number of carbonyl (C=O) groups is 2. The molecule has 1 amide bonds. The van der Waals surface area contributed by atoms with Gasteiger partial charge in [-0.15, -0.1) is 0 Å². The molecule has 0 saturated carbocycles. The Labute approximate surface area is 167 Å². The first-order valence-electron chi connectivity index (χ1n) is 8.07. The van der Waals surface area contributed by atoms with Gasteiger partial charge < -0.3 is 14.8 Å². The predicted octanol–water partition coefficient (Wildman–Crippen LogP) is 4.04. The van der Waals surface area contributed by atoms with E-state index in [2.05, 4.69) is 15.4 Å². The highest BCUT2D eigenvalue weighted by molar-refractivity contribution is 7.80. The number of thiocarbonyl (C=S) groups is 1. The molecule has 0 bridgehead atoms. The summed E-state index contributed by atoms with van der Waals surface area (Å²) < 4.78 is 10.2. The van der Waals surface area contributed by atoms with E-state index in [1.54, 1.807) is 30.3 Å². The molecule has 0 atom stereocenters. The Hall–Kier alpha value is -2.64. The normalized spacial score (nSPS) is 10.3. The first-order valence-corrected chi connectivity index (χ1v) is 8.85. The van der Waals surface area contributed by atoms with Gasteiger partial charge in [0.1, 0.15) is 5.75 Å². The van der Waals surface area contributed by atoms with E-state index in [4.69, 9.17) is 28.6 Å². The van der Waals surface area contributed by atoms with Gasteiger partial charge in [0, 0.05) is 11.3 Å². The van der Waals surface area contributed by atoms with Gasteiger partial charge in [-0.25, -0.2) is 4.79 Å². The van der Waals surface area contributed by atoms with Crippen LogP contribution in [-0.2, 0) is 4.74 Å². The molecule has 0 spiro atoms. The third-order valence-electron chi connectivity index (χ3n) is 3.34. The molecule has 2 aromatic carbocycles. The van der Waals surface area contributed by atoms with E-state index in [0.29, 0.717) is 17.0 Å². The molecule has 0 fully saturated rings. The zero-order valence-corrected chi connectivity index (χ0v) is 16.6. The lowest BCUT2D eigenvalue weighted by Crippen LogP contribution is -2.34. The van der Waals surface area contributed by atoms with Gasteiger partial charge in [0.2, 0.25) is 0 Å². The standard InChI is InChI=1S/C19H19ClN2O4S/c1-11(2)26-14-7-4-12(5-8-14)17(23)22-19(27)21-13-6-9-16(20)15(10-13)18(24)25-3/h4-11H,1-3H3,(H2,21,22,23,27). The van der Waals surface area contributed by atoms with Crippen LogP contribution in [0.4, 0.5) is 5.69 Å². The minimum absolute atomic E-state index is 0.0516. The van der Waals surface area contributed by atoms with Gasteiger partial charge in [0.25, 0.3) is 5.91 Å². The Morgan fingerprint density at radius 3 is 2.37 bits per heavy atom. The van der Waals surface area contributed by atoms with Crippen LogP contribution in [0.2, 0.25) is 5.02 Å². The van der Waals surface area contributed by atoms with Crippen molar-refractivity contribution in [2.75, 3.05) is 12.4 Å². The maximum absolute atomic E-state index is 12.3. The number of ether oxygens (including phenoxy) is 2. The van der Waals surface area contributed by atoms with E-state index in [9.17, 15) is 9.59 Å². The van der Waals surface area contributed by atoms with Gasteiger partial charge in [-0.05, 0) is 68.5 Å². The number of rotatable bonds is 5. The summed E-state index contributed by atoms with van der Waals surface area (Å²) in [5.41, 5.74) is 1.12. The van der Waals surface area contributed by atoms with Crippen LogP contribution >= 0.6 is 23.8 Å². The molecule has 142 valence electrons. The summed E-state index contributed by atoms with van der Waals surface area (Å²) in [5.74, 6) is -0.258. The van der Waals surface area contributed by atoms with E-state index in [1.807, 2.05) is 13.8 Å². The molecule has 0 unspecified atom stereocenters. The average Bonchev–Trinajstić information content (AvgIpc) is 2.62. The van der Waals surface area contributed by atoms with Crippen molar-refractivity contribution in [1.29, 1.82) is 0 Å². The van der Waals surface area contributed by atoms with Crippen LogP contribution in [0, 0.1) is 0 Å². The Balaban J connectivity index is 2.01. The molecule has 0 aliphatic heterocycles. The minimum atomic E-state index is -0.567. The number of methoxy groups -OCH3 is 1. The lowest BCUT2D eigenvalue weighted by Gasteiger charge is -2.12. The SMILES string of the molecule is COC(=O)c1cc(NC(=S)NC(=O)c2ccc(OC(C)C)cc2)ccc1Cl. The summed E-state index contributed by atoms with van der Waals surface area (Å²) >= 11 is 11.1. The maximum atomic E-state index is 12.3. The van der Waals surface area contributed by atoms with Gasteiger partial charge in [0.15, 0.2) is 5.11 Å². The molecular formula is C19H19ClN2O4S. The summed E-state index contributed by atoms with van der Waals surface area (Å²) in [5, 5.41) is 5.75. The number of carbonyl (C=O) groups excluding carboxylic acids is 2. The van der Waals surface area contributed by atoms with Crippen molar-refractivity contribution in [2.45, 2.75) is 20.0 Å². The number of hydrogen-bond donors (Lipinski definition) is 2. The van der Waals surface area contributed by atoms with Crippen LogP contribution < -0.4 is 15.4 Å². The third-order valence-corrected chi connectivity index (χ3v) is 3.88. The molecule has 0 aromatic heterocycles. The largest absolute Gasteiger partial charge is 0.491 e. The van der Waals surface area contributed by atoms with Crippen LogP contribution in [0.1, 0.15) is 34.6 Å². The van der Waals surface area contributed by atoms with Gasteiger partial charge >= 0.3 is 5.97 Å². The van der Waals surface area contributed by atoms with Crippen molar-refractivity contribution < 1.29 is 19.1 Å². The minimum Gasteiger partial charge on any atom is -0.491 e. The summed E-state index contributed by atoms with van der Waals surface area (Å²) in [4.78, 5) is 24.0. The molecule has 2 N–H and O–H groups in total. The molecule has 6 nitrogen and oxygen atoms in total. The van der Waals surface area contributed by atoms with Gasteiger partial charge in [0.05, 0.1) is 23.8 Å². The average molecular weight is 407 g/mol. The van der Waals surface area contributed by atoms with Crippen molar-refractivity contribution in [3.63, 3.8) is 0 Å². The molecule has 0 saturated heterocycles. The number of hydrogen-bond acceptors (Lipinski definition) is 5. The second kappa shape index (κ2) is 9.34. The number of amides is 1. The van der Waals surface area contributed by atoms with Crippen molar-refractivity contribution >= 4 is 46.5 Å². The second-order valence-electron chi connectivity index (χ2n) is 5.79. The van der Waals surface area contributed by atoms with Crippen molar-refractivity contribution in [3.05, 3.63) is 58.6 Å². The first kappa shape index (κ1) is 20.7. The number of esters is 1. The van der Waals surface area contributed by atoms with E-state index in [0.717, 1.165) is 0 Å². The van der Waals surface area contributed by atoms with Crippen molar-refractivity contribution in [2.24, 2.45) is 0 Å². The molecule has 0 aliphatic carbocycles. The summed E-state index contributed by atoms with van der Waals surface area (Å²) in [6.07, 6.45) is 0.0516. The predicted molar refractivity (Wildman–Crippen MR) is 109 cm³/mol. The zero-order chi connectivity index (χ0) is 20.0. The van der Waals surface area contributed by atoms with Crippen molar-refractivity contribution in [1.82, 2.24) is 5.32 Å². The van der Waals surface area contributed by atoms with Crippen LogP contribution in [-0.4, -0.2) is 30.2 Å². The number of nitrogens with one attached hydrogen (secondary N) is 2. The van der Waals surface area contributed by atoms with Crippen LogP contribution in [0.5, 0.6) is 5.75 Å². The van der Waals surface area contributed by atoms with E-state index >= 15 is 0 Å². The Bertz CT molecular complexity index is 853. The smallest absolute Gasteiger partial charge is 0.339 e. The third kappa shape index (κ3) is 5.94. The quantitative estimate of drug-likeness (QED) is 0.576. The van der Waals surface area contributed by atoms with Gasteiger partial charge in [-0.1, -0.05) is 11.6 Å². The van der Waals surface area contributed by atoms with Gasteiger partial charge in [-0.3, -0.25) is 10.1 Å².